The van der Waals surface area contributed by atoms with Crippen LogP contribution in [0.25, 0.3) is 0 Å². The van der Waals surface area contributed by atoms with Crippen LogP contribution >= 0.6 is 0 Å². The zero-order chi connectivity index (χ0) is 14.9. The Morgan fingerprint density at radius 2 is 2.00 bits per heavy atom. The highest BCUT2D eigenvalue weighted by Crippen LogP contribution is 2.29. The summed E-state index contributed by atoms with van der Waals surface area (Å²) >= 11 is 0. The van der Waals surface area contributed by atoms with Crippen molar-refractivity contribution in [3.05, 3.63) is 24.0 Å². The summed E-state index contributed by atoms with van der Waals surface area (Å²) in [6, 6.07) is 2.75. The summed E-state index contributed by atoms with van der Waals surface area (Å²) in [6.07, 6.45) is 2.29. The first-order valence-corrected chi connectivity index (χ1v) is 7.99. The van der Waals surface area contributed by atoms with Crippen molar-refractivity contribution in [2.45, 2.75) is 42.7 Å². The van der Waals surface area contributed by atoms with Gasteiger partial charge in [0.1, 0.15) is 10.7 Å². The highest BCUT2D eigenvalue weighted by Gasteiger charge is 2.35. The van der Waals surface area contributed by atoms with Crippen molar-refractivity contribution in [3.8, 4) is 0 Å². The molecule has 2 rings (SSSR count). The maximum absolute atomic E-state index is 13.0. The quantitative estimate of drug-likeness (QED) is 0.825. The minimum atomic E-state index is -3.84. The van der Waals surface area contributed by atoms with Gasteiger partial charge in [-0.3, -0.25) is 0 Å². The van der Waals surface area contributed by atoms with Gasteiger partial charge in [-0.1, -0.05) is 12.8 Å². The number of rotatable bonds is 3. The number of hydrogen-bond acceptors (Lipinski definition) is 4. The molecule has 5 nitrogen and oxygen atoms in total. The number of nitrogens with two attached hydrogens (primary N) is 1. The second kappa shape index (κ2) is 5.67. The first-order valence-electron chi connectivity index (χ1n) is 6.55. The molecule has 0 saturated heterocycles. The van der Waals surface area contributed by atoms with Gasteiger partial charge in [-0.15, -0.1) is 0 Å². The number of anilines is 1. The molecular weight excluding hydrogens is 283 g/mol. The number of likely N-dealkylation sites (N-methyl/N-ethyl adjacent to an activating group) is 1. The molecule has 1 aromatic carbocycles. The van der Waals surface area contributed by atoms with Crippen LogP contribution < -0.4 is 5.73 Å². The van der Waals surface area contributed by atoms with Crippen molar-refractivity contribution in [1.82, 2.24) is 4.31 Å². The molecule has 3 N–H and O–H groups in total. The van der Waals surface area contributed by atoms with E-state index in [1.165, 1.54) is 7.05 Å². The summed E-state index contributed by atoms with van der Waals surface area (Å²) in [6.45, 7) is 0. The Bertz CT molecular complexity index is 591. The smallest absolute Gasteiger partial charge is 0.245 e. The van der Waals surface area contributed by atoms with Gasteiger partial charge in [-0.05, 0) is 31.0 Å². The Kier molecular flexibility index (Phi) is 4.31. The first-order chi connectivity index (χ1) is 9.34. The molecule has 0 heterocycles. The van der Waals surface area contributed by atoms with Gasteiger partial charge in [0.2, 0.25) is 10.0 Å². The topological polar surface area (TPSA) is 83.6 Å². The summed E-state index contributed by atoms with van der Waals surface area (Å²) in [5.41, 5.74) is 5.48. The lowest BCUT2D eigenvalue weighted by molar-refractivity contribution is 0.0638. The molecule has 0 amide bonds. The minimum absolute atomic E-state index is 0.123. The Morgan fingerprint density at radius 3 is 2.60 bits per heavy atom. The molecule has 1 saturated carbocycles. The largest absolute Gasteiger partial charge is 0.398 e. The van der Waals surface area contributed by atoms with Gasteiger partial charge in [-0.25, -0.2) is 12.8 Å². The third-order valence-corrected chi connectivity index (χ3v) is 5.75. The summed E-state index contributed by atoms with van der Waals surface area (Å²) in [5, 5.41) is 9.97. The molecule has 112 valence electrons. The Balaban J connectivity index is 2.33. The van der Waals surface area contributed by atoms with E-state index in [4.69, 9.17) is 5.73 Å². The van der Waals surface area contributed by atoms with E-state index in [0.717, 1.165) is 35.3 Å². The number of benzene rings is 1. The normalized spacial score (nSPS) is 24.0. The van der Waals surface area contributed by atoms with Crippen molar-refractivity contribution in [3.63, 3.8) is 0 Å². The van der Waals surface area contributed by atoms with Crippen LogP contribution in [0.5, 0.6) is 0 Å². The van der Waals surface area contributed by atoms with E-state index in [1.807, 2.05) is 0 Å². The van der Waals surface area contributed by atoms with E-state index in [0.29, 0.717) is 12.8 Å². The number of nitrogens with zero attached hydrogens (tertiary/aromatic N) is 1. The Morgan fingerprint density at radius 1 is 1.35 bits per heavy atom. The summed E-state index contributed by atoms with van der Waals surface area (Å²) < 4.78 is 39.2. The van der Waals surface area contributed by atoms with Crippen LogP contribution in [-0.2, 0) is 10.0 Å². The van der Waals surface area contributed by atoms with E-state index in [9.17, 15) is 17.9 Å². The Hall–Kier alpha value is -1.18. The van der Waals surface area contributed by atoms with Crippen LogP contribution in [0.2, 0.25) is 0 Å². The number of halogens is 1. The monoisotopic (exact) mass is 302 g/mol. The van der Waals surface area contributed by atoms with Crippen molar-refractivity contribution < 1.29 is 17.9 Å². The van der Waals surface area contributed by atoms with Gasteiger partial charge in [-0.2, -0.15) is 4.31 Å². The number of aliphatic hydroxyl groups excluding tert-OH is 1. The van der Waals surface area contributed by atoms with Crippen LogP contribution in [0.1, 0.15) is 25.7 Å². The van der Waals surface area contributed by atoms with E-state index in [2.05, 4.69) is 0 Å². The molecule has 1 aliphatic carbocycles. The molecule has 0 spiro atoms. The fourth-order valence-electron chi connectivity index (χ4n) is 2.60. The first kappa shape index (κ1) is 15.2. The van der Waals surface area contributed by atoms with Gasteiger partial charge in [0.25, 0.3) is 0 Å². The summed E-state index contributed by atoms with van der Waals surface area (Å²) in [5.74, 6) is -0.582. The van der Waals surface area contributed by atoms with E-state index >= 15 is 0 Å². The fraction of sp³-hybridized carbons (Fsp3) is 0.538. The molecule has 1 aliphatic rings. The third kappa shape index (κ3) is 2.79. The molecule has 1 aromatic rings. The highest BCUT2D eigenvalue weighted by molar-refractivity contribution is 7.89. The van der Waals surface area contributed by atoms with Crippen LogP contribution in [-0.4, -0.2) is 37.0 Å². The lowest BCUT2D eigenvalue weighted by Gasteiger charge is -2.34. The molecule has 7 heteroatoms. The zero-order valence-corrected chi connectivity index (χ0v) is 12.1. The van der Waals surface area contributed by atoms with Crippen molar-refractivity contribution in [2.75, 3.05) is 12.8 Å². The van der Waals surface area contributed by atoms with Gasteiger partial charge in [0, 0.05) is 7.05 Å². The van der Waals surface area contributed by atoms with Crippen molar-refractivity contribution >= 4 is 15.7 Å². The molecule has 0 radical (unpaired) electrons. The minimum Gasteiger partial charge on any atom is -0.398 e. The van der Waals surface area contributed by atoms with Crippen LogP contribution in [0.4, 0.5) is 10.1 Å². The molecule has 1 fully saturated rings. The van der Waals surface area contributed by atoms with Crippen molar-refractivity contribution in [1.29, 1.82) is 0 Å². The van der Waals surface area contributed by atoms with Crippen LogP contribution in [0.15, 0.2) is 23.1 Å². The number of sulfonamides is 1. The van der Waals surface area contributed by atoms with E-state index < -0.39 is 28.0 Å². The van der Waals surface area contributed by atoms with Crippen LogP contribution in [0, 0.1) is 5.82 Å². The SMILES string of the molecule is CN(C1CCCCC1O)S(=O)(=O)c1ccc(F)cc1N. The van der Waals surface area contributed by atoms with Gasteiger partial charge >= 0.3 is 0 Å². The molecule has 0 aromatic heterocycles. The summed E-state index contributed by atoms with van der Waals surface area (Å²) in [7, 11) is -2.41. The van der Waals surface area contributed by atoms with Crippen molar-refractivity contribution in [2.24, 2.45) is 0 Å². The second-order valence-corrected chi connectivity index (χ2v) is 7.09. The molecular formula is C13H19FN2O3S. The van der Waals surface area contributed by atoms with Gasteiger partial charge in [0.15, 0.2) is 0 Å². The molecule has 2 unspecified atom stereocenters. The number of nitrogen functional groups attached to an aromatic ring is 1. The number of aliphatic hydroxyl groups is 1. The maximum Gasteiger partial charge on any atom is 0.245 e. The predicted molar refractivity (Wildman–Crippen MR) is 74.0 cm³/mol. The second-order valence-electron chi connectivity index (χ2n) is 5.12. The van der Waals surface area contributed by atoms with E-state index in [-0.39, 0.29) is 10.6 Å². The van der Waals surface area contributed by atoms with Crippen LogP contribution in [0.3, 0.4) is 0 Å². The predicted octanol–water partition coefficient (Wildman–Crippen LogP) is 1.33. The third-order valence-electron chi connectivity index (χ3n) is 3.79. The highest BCUT2D eigenvalue weighted by atomic mass is 32.2. The maximum atomic E-state index is 13.0. The lowest BCUT2D eigenvalue weighted by Crippen LogP contribution is -2.46. The molecule has 0 bridgehead atoms. The number of hydrogen-bond donors (Lipinski definition) is 2. The zero-order valence-electron chi connectivity index (χ0n) is 11.3. The fourth-order valence-corrected chi connectivity index (χ4v) is 4.11. The van der Waals surface area contributed by atoms with E-state index in [1.54, 1.807) is 0 Å². The average Bonchev–Trinajstić information content (AvgIpc) is 2.38. The molecule has 20 heavy (non-hydrogen) atoms. The summed E-state index contributed by atoms with van der Waals surface area (Å²) in [4.78, 5) is -0.126. The Labute approximate surface area is 118 Å². The van der Waals surface area contributed by atoms with Gasteiger partial charge in [0.05, 0.1) is 17.8 Å². The van der Waals surface area contributed by atoms with Gasteiger partial charge < -0.3 is 10.8 Å². The lowest BCUT2D eigenvalue weighted by atomic mass is 9.93. The standard InChI is InChI=1S/C13H19FN2O3S/c1-16(11-4-2-3-5-12(11)17)20(18,19)13-7-6-9(14)8-10(13)15/h6-8,11-12,17H,2-5,15H2,1H3. The average molecular weight is 302 g/mol. The molecule has 2 atom stereocenters. The molecule has 0 aliphatic heterocycles.